The highest BCUT2D eigenvalue weighted by Gasteiger charge is 2.17. The maximum absolute atomic E-state index is 11.8. The van der Waals surface area contributed by atoms with E-state index in [2.05, 4.69) is 10.6 Å². The minimum atomic E-state index is -0.362. The topological polar surface area (TPSA) is 67.2 Å². The molecule has 20 heavy (non-hydrogen) atoms. The van der Waals surface area contributed by atoms with E-state index in [9.17, 15) is 4.79 Å². The maximum Gasteiger partial charge on any atom is 0.239 e. The lowest BCUT2D eigenvalue weighted by Crippen LogP contribution is -2.50. The number of para-hydroxylation sites is 1. The number of anilines is 1. The molecule has 0 atom stereocenters. The average molecular weight is 322 g/mol. The first kappa shape index (κ1) is 21.3. The molecule has 0 saturated carbocycles. The molecule has 1 aromatic rings. The summed E-state index contributed by atoms with van der Waals surface area (Å²) < 4.78 is 0. The standard InChI is InChI=1S/C14H23N3O.2ClH/c1-10-6-5-7-11(2)13(10)16-8-12(18)17-14(3,4)9-15;;/h5-7,16H,8-9,15H2,1-4H3,(H,17,18);2*1H. The molecule has 0 saturated heterocycles. The largest absolute Gasteiger partial charge is 0.376 e. The van der Waals surface area contributed by atoms with E-state index in [1.54, 1.807) is 0 Å². The molecule has 0 aliphatic heterocycles. The number of amides is 1. The summed E-state index contributed by atoms with van der Waals surface area (Å²) in [5.74, 6) is -0.0481. The van der Waals surface area contributed by atoms with Crippen LogP contribution in [0.25, 0.3) is 0 Å². The van der Waals surface area contributed by atoms with Gasteiger partial charge in [-0.3, -0.25) is 4.79 Å². The van der Waals surface area contributed by atoms with Crippen molar-refractivity contribution in [1.29, 1.82) is 0 Å². The lowest BCUT2D eigenvalue weighted by atomic mass is 10.1. The Morgan fingerprint density at radius 2 is 1.70 bits per heavy atom. The summed E-state index contributed by atoms with van der Waals surface area (Å²) in [6.07, 6.45) is 0. The molecule has 4 nitrogen and oxygen atoms in total. The number of hydrogen-bond acceptors (Lipinski definition) is 3. The van der Waals surface area contributed by atoms with Crippen LogP contribution >= 0.6 is 24.8 Å². The number of rotatable bonds is 5. The van der Waals surface area contributed by atoms with Crippen LogP contribution in [0.4, 0.5) is 5.69 Å². The second-order valence-corrected chi connectivity index (χ2v) is 5.26. The van der Waals surface area contributed by atoms with Crippen LogP contribution < -0.4 is 16.4 Å². The van der Waals surface area contributed by atoms with Gasteiger partial charge in [-0.2, -0.15) is 0 Å². The van der Waals surface area contributed by atoms with E-state index in [1.807, 2.05) is 45.9 Å². The first-order valence-electron chi connectivity index (χ1n) is 6.17. The first-order valence-corrected chi connectivity index (χ1v) is 6.17. The van der Waals surface area contributed by atoms with Crippen molar-refractivity contribution in [3.63, 3.8) is 0 Å². The van der Waals surface area contributed by atoms with Crippen molar-refractivity contribution in [2.24, 2.45) is 5.73 Å². The molecule has 0 aromatic heterocycles. The van der Waals surface area contributed by atoms with Gasteiger partial charge in [-0.1, -0.05) is 18.2 Å². The summed E-state index contributed by atoms with van der Waals surface area (Å²) in [7, 11) is 0. The summed E-state index contributed by atoms with van der Waals surface area (Å²) in [5, 5.41) is 6.06. The van der Waals surface area contributed by atoms with Gasteiger partial charge in [0, 0.05) is 17.8 Å². The number of carbonyl (C=O) groups excluding carboxylic acids is 1. The molecule has 0 fully saturated rings. The van der Waals surface area contributed by atoms with E-state index >= 15 is 0 Å². The molecule has 0 heterocycles. The fourth-order valence-electron chi connectivity index (χ4n) is 1.73. The lowest BCUT2D eigenvalue weighted by Gasteiger charge is -2.24. The number of aryl methyl sites for hydroxylation is 2. The van der Waals surface area contributed by atoms with E-state index in [0.29, 0.717) is 6.54 Å². The molecule has 0 radical (unpaired) electrons. The highest BCUT2D eigenvalue weighted by molar-refractivity contribution is 5.85. The highest BCUT2D eigenvalue weighted by atomic mass is 35.5. The van der Waals surface area contributed by atoms with Crippen LogP contribution in [0.2, 0.25) is 0 Å². The number of nitrogens with two attached hydrogens (primary N) is 1. The Labute approximate surface area is 133 Å². The molecular formula is C14H25Cl2N3O. The summed E-state index contributed by atoms with van der Waals surface area (Å²) in [5.41, 5.74) is 8.52. The van der Waals surface area contributed by atoms with Crippen molar-refractivity contribution in [3.8, 4) is 0 Å². The third-order valence-electron chi connectivity index (χ3n) is 2.89. The Kier molecular flexibility index (Phi) is 9.66. The average Bonchev–Trinajstić information content (AvgIpc) is 2.28. The SMILES string of the molecule is Cc1cccc(C)c1NCC(=O)NC(C)(C)CN.Cl.Cl. The molecule has 1 rings (SSSR count). The van der Waals surface area contributed by atoms with Gasteiger partial charge in [-0.05, 0) is 38.8 Å². The minimum Gasteiger partial charge on any atom is -0.376 e. The Hall–Kier alpha value is -0.970. The van der Waals surface area contributed by atoms with Crippen molar-refractivity contribution < 1.29 is 4.79 Å². The number of nitrogens with one attached hydrogen (secondary N) is 2. The highest BCUT2D eigenvalue weighted by Crippen LogP contribution is 2.18. The summed E-state index contributed by atoms with van der Waals surface area (Å²) in [4.78, 5) is 11.8. The van der Waals surface area contributed by atoms with E-state index in [0.717, 1.165) is 16.8 Å². The van der Waals surface area contributed by atoms with Crippen molar-refractivity contribution in [1.82, 2.24) is 5.32 Å². The summed E-state index contributed by atoms with van der Waals surface area (Å²) >= 11 is 0. The fourth-order valence-corrected chi connectivity index (χ4v) is 1.73. The van der Waals surface area contributed by atoms with E-state index in [4.69, 9.17) is 5.73 Å². The van der Waals surface area contributed by atoms with Gasteiger partial charge in [0.1, 0.15) is 0 Å². The van der Waals surface area contributed by atoms with Crippen LogP contribution in [0.1, 0.15) is 25.0 Å². The maximum atomic E-state index is 11.8. The minimum absolute atomic E-state index is 0. The molecule has 0 unspecified atom stereocenters. The normalized spacial score (nSPS) is 10.1. The van der Waals surface area contributed by atoms with Gasteiger partial charge < -0.3 is 16.4 Å². The van der Waals surface area contributed by atoms with E-state index < -0.39 is 0 Å². The van der Waals surface area contributed by atoms with Gasteiger partial charge in [0.2, 0.25) is 5.91 Å². The predicted octanol–water partition coefficient (Wildman–Crippen LogP) is 2.41. The second kappa shape index (κ2) is 9.06. The van der Waals surface area contributed by atoms with Crippen LogP contribution in [0.15, 0.2) is 18.2 Å². The quantitative estimate of drug-likeness (QED) is 0.780. The molecule has 1 aromatic carbocycles. The Bertz CT molecular complexity index is 416. The van der Waals surface area contributed by atoms with Crippen LogP contribution in [0, 0.1) is 13.8 Å². The predicted molar refractivity (Wildman–Crippen MR) is 90.2 cm³/mol. The molecule has 0 aliphatic carbocycles. The van der Waals surface area contributed by atoms with Gasteiger partial charge in [0.25, 0.3) is 0 Å². The smallest absolute Gasteiger partial charge is 0.239 e. The van der Waals surface area contributed by atoms with Gasteiger partial charge in [0.15, 0.2) is 0 Å². The molecule has 4 N–H and O–H groups in total. The van der Waals surface area contributed by atoms with Crippen molar-refractivity contribution in [2.45, 2.75) is 33.2 Å². The van der Waals surface area contributed by atoms with Crippen molar-refractivity contribution in [2.75, 3.05) is 18.4 Å². The molecule has 1 amide bonds. The monoisotopic (exact) mass is 321 g/mol. The van der Waals surface area contributed by atoms with Crippen molar-refractivity contribution >= 4 is 36.4 Å². The van der Waals surface area contributed by atoms with E-state index in [1.165, 1.54) is 0 Å². The van der Waals surface area contributed by atoms with Gasteiger partial charge >= 0.3 is 0 Å². The molecule has 0 aliphatic rings. The zero-order valence-electron chi connectivity index (χ0n) is 12.4. The second-order valence-electron chi connectivity index (χ2n) is 5.26. The van der Waals surface area contributed by atoms with Crippen LogP contribution in [0.3, 0.4) is 0 Å². The molecule has 0 spiro atoms. The lowest BCUT2D eigenvalue weighted by molar-refractivity contribution is -0.120. The first-order chi connectivity index (χ1) is 8.35. The van der Waals surface area contributed by atoms with Crippen LogP contribution in [-0.4, -0.2) is 24.5 Å². The van der Waals surface area contributed by atoms with Crippen LogP contribution in [-0.2, 0) is 4.79 Å². The Morgan fingerprint density at radius 3 is 2.15 bits per heavy atom. The Balaban J connectivity index is 0. The number of carbonyl (C=O) groups is 1. The number of benzene rings is 1. The fraction of sp³-hybridized carbons (Fsp3) is 0.500. The molecular weight excluding hydrogens is 297 g/mol. The third kappa shape index (κ3) is 6.46. The van der Waals surface area contributed by atoms with Crippen LogP contribution in [0.5, 0.6) is 0 Å². The molecule has 0 bridgehead atoms. The van der Waals surface area contributed by atoms with Gasteiger partial charge in [-0.15, -0.1) is 24.8 Å². The zero-order chi connectivity index (χ0) is 13.8. The van der Waals surface area contributed by atoms with Gasteiger partial charge in [-0.25, -0.2) is 0 Å². The molecule has 6 heteroatoms. The Morgan fingerprint density at radius 1 is 1.20 bits per heavy atom. The number of halogens is 2. The van der Waals surface area contributed by atoms with Crippen molar-refractivity contribution in [3.05, 3.63) is 29.3 Å². The number of hydrogen-bond donors (Lipinski definition) is 3. The summed E-state index contributed by atoms with van der Waals surface area (Å²) in [6, 6.07) is 6.06. The summed E-state index contributed by atoms with van der Waals surface area (Å²) in [6.45, 7) is 8.54. The zero-order valence-corrected chi connectivity index (χ0v) is 14.1. The molecule has 116 valence electrons. The van der Waals surface area contributed by atoms with E-state index in [-0.39, 0.29) is 42.8 Å². The third-order valence-corrected chi connectivity index (χ3v) is 2.89. The van der Waals surface area contributed by atoms with Gasteiger partial charge in [0.05, 0.1) is 6.54 Å².